The molecule has 0 amide bonds. The molecule has 1 aliphatic carbocycles. The van der Waals surface area contributed by atoms with E-state index < -0.39 is 12.4 Å². The first-order valence-electron chi connectivity index (χ1n) is 14.3. The largest absolute Gasteiger partial charge is 0.441 e. The number of aliphatic hydroxyl groups excluding tert-OH is 1. The molecule has 0 radical (unpaired) electrons. The van der Waals surface area contributed by atoms with Crippen molar-refractivity contribution in [3.63, 3.8) is 0 Å². The molecule has 4 aromatic rings. The monoisotopic (exact) mass is 570 g/mol. The van der Waals surface area contributed by atoms with Gasteiger partial charge in [0.1, 0.15) is 11.5 Å². The van der Waals surface area contributed by atoms with Crippen LogP contribution in [0.15, 0.2) is 65.8 Å². The van der Waals surface area contributed by atoms with Gasteiger partial charge in [0.2, 0.25) is 5.78 Å². The number of aromatic nitrogens is 1. The van der Waals surface area contributed by atoms with E-state index in [1.807, 2.05) is 31.2 Å². The van der Waals surface area contributed by atoms with Crippen molar-refractivity contribution in [2.45, 2.75) is 59.5 Å². The normalized spacial score (nSPS) is 14.8. The molecular weight excluding hydrogens is 536 g/mol. The highest BCUT2D eigenvalue weighted by molar-refractivity contribution is 6.47. The van der Waals surface area contributed by atoms with Gasteiger partial charge < -0.3 is 24.0 Å². The molecule has 1 aliphatic rings. The van der Waals surface area contributed by atoms with Gasteiger partial charge in [0.25, 0.3) is 0 Å². The summed E-state index contributed by atoms with van der Waals surface area (Å²) in [5.41, 5.74) is 3.59. The van der Waals surface area contributed by atoms with Crippen molar-refractivity contribution >= 4 is 45.1 Å². The van der Waals surface area contributed by atoms with Gasteiger partial charge in [0.05, 0.1) is 6.61 Å². The highest BCUT2D eigenvalue weighted by Crippen LogP contribution is 2.33. The van der Waals surface area contributed by atoms with E-state index in [4.69, 9.17) is 14.3 Å². The molecule has 1 fully saturated rings. The van der Waals surface area contributed by atoms with E-state index in [9.17, 15) is 19.5 Å². The van der Waals surface area contributed by atoms with Crippen molar-refractivity contribution in [3.05, 3.63) is 77.4 Å². The first kappa shape index (κ1) is 29.2. The Balaban J connectivity index is 1.50. The van der Waals surface area contributed by atoms with Gasteiger partial charge in [-0.25, -0.2) is 4.79 Å². The Morgan fingerprint density at radius 2 is 1.50 bits per heavy atom. The summed E-state index contributed by atoms with van der Waals surface area (Å²) >= 11 is 0. The molecule has 3 aromatic carbocycles. The molecule has 0 saturated heterocycles. The van der Waals surface area contributed by atoms with Crippen molar-refractivity contribution in [3.8, 4) is 5.75 Å². The Kier molecular flexibility index (Phi) is 8.80. The maximum atomic E-state index is 13.7. The summed E-state index contributed by atoms with van der Waals surface area (Å²) in [6.45, 7) is 4.68. The number of aryl methyl sites for hydroxylation is 1. The summed E-state index contributed by atoms with van der Waals surface area (Å²) in [6.07, 6.45) is 3.66. The fourth-order valence-electron chi connectivity index (χ4n) is 5.63. The molecule has 0 aliphatic heterocycles. The lowest BCUT2D eigenvalue weighted by Crippen LogP contribution is -2.23. The Morgan fingerprint density at radius 1 is 0.905 bits per heavy atom. The summed E-state index contributed by atoms with van der Waals surface area (Å²) in [5, 5.41) is 15.4. The zero-order chi connectivity index (χ0) is 29.8. The molecule has 1 saturated carbocycles. The number of nitrogens with zero attached hydrogens (tertiary/aromatic N) is 2. The second-order valence-corrected chi connectivity index (χ2v) is 10.3. The van der Waals surface area contributed by atoms with E-state index in [2.05, 4.69) is 9.72 Å². The summed E-state index contributed by atoms with van der Waals surface area (Å²) in [4.78, 5) is 43.5. The lowest BCUT2D eigenvalue weighted by atomic mass is 9.93. The van der Waals surface area contributed by atoms with Crippen LogP contribution >= 0.6 is 0 Å². The molecule has 5 rings (SSSR count). The van der Waals surface area contributed by atoms with Crippen LogP contribution in [0.3, 0.4) is 0 Å². The molecule has 1 atom stereocenters. The third-order valence-corrected chi connectivity index (χ3v) is 7.62. The predicted molar refractivity (Wildman–Crippen MR) is 159 cm³/mol. The van der Waals surface area contributed by atoms with E-state index in [-0.39, 0.29) is 23.2 Å². The van der Waals surface area contributed by atoms with Gasteiger partial charge in [0, 0.05) is 57.9 Å². The van der Waals surface area contributed by atoms with E-state index in [1.165, 1.54) is 6.92 Å². The maximum absolute atomic E-state index is 13.7. The van der Waals surface area contributed by atoms with Crippen LogP contribution in [0.5, 0.6) is 5.75 Å². The summed E-state index contributed by atoms with van der Waals surface area (Å²) in [7, 11) is 0. The molecule has 1 N–H and O–H groups in total. The Bertz CT molecular complexity index is 1660. The lowest BCUT2D eigenvalue weighted by Gasteiger charge is -2.12. The smallest absolute Gasteiger partial charge is 0.331 e. The van der Waals surface area contributed by atoms with Crippen molar-refractivity contribution < 1.29 is 33.8 Å². The molecular formula is C33H34N2O7. The van der Waals surface area contributed by atoms with Crippen LogP contribution in [-0.2, 0) is 20.9 Å². The average Bonchev–Trinajstić information content (AvgIpc) is 3.63. The molecule has 9 heteroatoms. The highest BCUT2D eigenvalue weighted by atomic mass is 16.8. The minimum atomic E-state index is -1.38. The van der Waals surface area contributed by atoms with Gasteiger partial charge in [-0.05, 0) is 87.4 Å². The van der Waals surface area contributed by atoms with Crippen LogP contribution in [-0.4, -0.2) is 46.0 Å². The molecule has 1 aromatic heterocycles. The van der Waals surface area contributed by atoms with Crippen LogP contribution in [0.4, 0.5) is 0 Å². The molecule has 0 bridgehead atoms. The predicted octanol–water partition coefficient (Wildman–Crippen LogP) is 6.03. The number of ether oxygens (including phenoxy) is 2. The maximum Gasteiger partial charge on any atom is 0.331 e. The second-order valence-electron chi connectivity index (χ2n) is 10.3. The fourth-order valence-corrected chi connectivity index (χ4v) is 5.63. The first-order chi connectivity index (χ1) is 20.3. The molecule has 1 unspecified atom stereocenters. The van der Waals surface area contributed by atoms with E-state index in [0.717, 1.165) is 47.5 Å². The van der Waals surface area contributed by atoms with Gasteiger partial charge in [0.15, 0.2) is 5.78 Å². The van der Waals surface area contributed by atoms with Crippen LogP contribution in [0.2, 0.25) is 0 Å². The number of benzene rings is 3. The quantitative estimate of drug-likeness (QED) is 0.0770. The van der Waals surface area contributed by atoms with Crippen LogP contribution in [0.25, 0.3) is 21.8 Å². The highest BCUT2D eigenvalue weighted by Gasteiger charge is 2.29. The van der Waals surface area contributed by atoms with Crippen molar-refractivity contribution in [1.82, 2.24) is 4.57 Å². The molecule has 9 nitrogen and oxygen atoms in total. The minimum Gasteiger partial charge on any atom is -0.441 e. The third kappa shape index (κ3) is 5.98. The Hall–Kier alpha value is -4.34. The zero-order valence-electron chi connectivity index (χ0n) is 24.0. The number of fused-ring (bicyclic) bond motifs is 3. The molecule has 0 spiro atoms. The van der Waals surface area contributed by atoms with Crippen molar-refractivity contribution in [2.75, 3.05) is 6.61 Å². The van der Waals surface area contributed by atoms with Crippen molar-refractivity contribution in [1.29, 1.82) is 0 Å². The van der Waals surface area contributed by atoms with Gasteiger partial charge in [-0.2, -0.15) is 0 Å². The molecule has 42 heavy (non-hydrogen) atoms. The zero-order valence-corrected chi connectivity index (χ0v) is 24.0. The van der Waals surface area contributed by atoms with Crippen LogP contribution in [0.1, 0.15) is 72.7 Å². The SMILES string of the molecule is CCOC(O)Oc1ccc(C(=O)c2ccc3c(c2)c2cc(C(=O)/C(=N/OC(C)=O)C4CCCC4)ccc2n3CC)cc1. The topological polar surface area (TPSA) is 116 Å². The number of hydrogen-bond donors (Lipinski definition) is 1. The minimum absolute atomic E-state index is 0.0482. The van der Waals surface area contributed by atoms with Crippen LogP contribution in [0, 0.1) is 5.92 Å². The number of oxime groups is 1. The summed E-state index contributed by atoms with van der Waals surface area (Å²) in [6, 6.07) is 17.6. The number of aliphatic hydroxyl groups is 1. The summed E-state index contributed by atoms with van der Waals surface area (Å²) in [5.74, 6) is -0.669. The van der Waals surface area contributed by atoms with E-state index in [0.29, 0.717) is 35.6 Å². The van der Waals surface area contributed by atoms with E-state index in [1.54, 1.807) is 43.3 Å². The van der Waals surface area contributed by atoms with Gasteiger partial charge in [-0.3, -0.25) is 9.59 Å². The first-order valence-corrected chi connectivity index (χ1v) is 14.3. The second kappa shape index (κ2) is 12.7. The number of hydrogen-bond acceptors (Lipinski definition) is 8. The van der Waals surface area contributed by atoms with Gasteiger partial charge >= 0.3 is 12.4 Å². The Labute approximate surface area is 243 Å². The number of rotatable bonds is 11. The Morgan fingerprint density at radius 3 is 2.10 bits per heavy atom. The number of ketones is 2. The van der Waals surface area contributed by atoms with Gasteiger partial charge in [-0.1, -0.05) is 18.0 Å². The number of Topliss-reactive ketones (excluding diaryl/α,β-unsaturated/α-hetero) is 1. The molecule has 1 heterocycles. The lowest BCUT2D eigenvalue weighted by molar-refractivity contribution is -0.213. The third-order valence-electron chi connectivity index (χ3n) is 7.62. The fraction of sp³-hybridized carbons (Fsp3) is 0.333. The number of carbonyl (C=O) groups excluding carboxylic acids is 3. The van der Waals surface area contributed by atoms with Crippen LogP contribution < -0.4 is 4.74 Å². The number of carbonyl (C=O) groups is 3. The van der Waals surface area contributed by atoms with Gasteiger partial charge in [-0.15, -0.1) is 0 Å². The average molecular weight is 571 g/mol. The summed E-state index contributed by atoms with van der Waals surface area (Å²) < 4.78 is 12.4. The standard InChI is InChI=1S/C33H34N2O7/c1-4-35-28-16-12-23(31(37)22-10-14-25(15-11-22)41-33(39)40-5-2)18-26(28)27-19-24(13-17-29(27)35)32(38)30(34-42-20(3)36)21-8-6-7-9-21/h10-19,21,33,39H,4-9H2,1-3H3/b34-30+. The molecule has 218 valence electrons. The van der Waals surface area contributed by atoms with E-state index >= 15 is 0 Å². The van der Waals surface area contributed by atoms with Crippen molar-refractivity contribution in [2.24, 2.45) is 11.1 Å².